The Morgan fingerprint density at radius 2 is 2.24 bits per heavy atom. The fourth-order valence-electron chi connectivity index (χ4n) is 2.37. The molecule has 1 aromatic heterocycles. The second kappa shape index (κ2) is 4.65. The van der Waals surface area contributed by atoms with Gasteiger partial charge in [0.15, 0.2) is 0 Å². The van der Waals surface area contributed by atoms with Crippen LogP contribution >= 0.6 is 0 Å². The molecule has 92 valence electrons. The molecule has 0 unspecified atom stereocenters. The van der Waals surface area contributed by atoms with Gasteiger partial charge in [-0.2, -0.15) is 0 Å². The molecule has 0 radical (unpaired) electrons. The molecule has 4 heteroatoms. The maximum absolute atomic E-state index is 11.8. The van der Waals surface area contributed by atoms with Crippen LogP contribution in [0, 0.1) is 5.92 Å². The molecule has 0 saturated carbocycles. The van der Waals surface area contributed by atoms with E-state index in [0.29, 0.717) is 6.42 Å². The Kier molecular flexibility index (Phi) is 3.22. The molecule has 1 heterocycles. The van der Waals surface area contributed by atoms with Crippen molar-refractivity contribution in [3.63, 3.8) is 0 Å². The molecule has 0 aromatic carbocycles. The Labute approximate surface area is 101 Å². The Morgan fingerprint density at radius 3 is 2.76 bits per heavy atom. The Hall–Kier alpha value is -1.71. The van der Waals surface area contributed by atoms with Crippen molar-refractivity contribution in [2.24, 2.45) is 13.0 Å². The van der Waals surface area contributed by atoms with Crippen molar-refractivity contribution in [3.8, 4) is 0 Å². The van der Waals surface area contributed by atoms with E-state index in [0.717, 1.165) is 11.5 Å². The standard InChI is InChI=1S/C13H17NO3/c1-14-6-4-5-12(14)10-7-9(16-2)8-11(10)13(15)17-3/h4-7,10-11H,8H2,1-3H3/t10-,11+/m1/s1. The second-order valence-corrected chi connectivity index (χ2v) is 4.24. The topological polar surface area (TPSA) is 40.5 Å². The van der Waals surface area contributed by atoms with Gasteiger partial charge >= 0.3 is 5.97 Å². The minimum Gasteiger partial charge on any atom is -0.501 e. The number of esters is 1. The lowest BCUT2D eigenvalue weighted by Crippen LogP contribution is -2.21. The van der Waals surface area contributed by atoms with E-state index in [1.54, 1.807) is 7.11 Å². The van der Waals surface area contributed by atoms with Gasteiger partial charge < -0.3 is 14.0 Å². The number of ether oxygens (including phenoxy) is 2. The van der Waals surface area contributed by atoms with Gasteiger partial charge in [-0.05, 0) is 18.2 Å². The van der Waals surface area contributed by atoms with Crippen LogP contribution in [-0.2, 0) is 21.3 Å². The number of carbonyl (C=O) groups is 1. The van der Waals surface area contributed by atoms with Crippen LogP contribution in [-0.4, -0.2) is 24.8 Å². The first-order valence-electron chi connectivity index (χ1n) is 5.61. The zero-order valence-electron chi connectivity index (χ0n) is 10.3. The van der Waals surface area contributed by atoms with Crippen LogP contribution in [0.3, 0.4) is 0 Å². The summed E-state index contributed by atoms with van der Waals surface area (Å²) in [5.74, 6) is 0.534. The van der Waals surface area contributed by atoms with Crippen molar-refractivity contribution in [2.45, 2.75) is 12.3 Å². The zero-order chi connectivity index (χ0) is 12.4. The minimum absolute atomic E-state index is 0.0393. The molecule has 0 spiro atoms. The van der Waals surface area contributed by atoms with E-state index in [-0.39, 0.29) is 17.8 Å². The third-order valence-corrected chi connectivity index (χ3v) is 3.31. The molecule has 2 rings (SSSR count). The Bertz CT molecular complexity index is 447. The van der Waals surface area contributed by atoms with E-state index in [9.17, 15) is 4.79 Å². The first-order chi connectivity index (χ1) is 8.17. The van der Waals surface area contributed by atoms with Crippen molar-refractivity contribution < 1.29 is 14.3 Å². The number of aromatic nitrogens is 1. The molecule has 4 nitrogen and oxygen atoms in total. The van der Waals surface area contributed by atoms with E-state index < -0.39 is 0 Å². The first kappa shape index (κ1) is 11.8. The highest BCUT2D eigenvalue weighted by Gasteiger charge is 2.36. The molecule has 0 aliphatic heterocycles. The second-order valence-electron chi connectivity index (χ2n) is 4.24. The summed E-state index contributed by atoms with van der Waals surface area (Å²) in [6.07, 6.45) is 4.60. The molecule has 1 aliphatic carbocycles. The van der Waals surface area contributed by atoms with Crippen LogP contribution in [0.2, 0.25) is 0 Å². The number of allylic oxidation sites excluding steroid dienone is 2. The third-order valence-electron chi connectivity index (χ3n) is 3.31. The summed E-state index contributed by atoms with van der Waals surface area (Å²) in [4.78, 5) is 11.8. The summed E-state index contributed by atoms with van der Waals surface area (Å²) < 4.78 is 12.1. The third kappa shape index (κ3) is 2.07. The summed E-state index contributed by atoms with van der Waals surface area (Å²) in [5.41, 5.74) is 1.10. The van der Waals surface area contributed by atoms with Gasteiger partial charge in [-0.25, -0.2) is 0 Å². The van der Waals surface area contributed by atoms with Gasteiger partial charge in [0.2, 0.25) is 0 Å². The van der Waals surface area contributed by atoms with Gasteiger partial charge in [0, 0.05) is 31.3 Å². The SMILES string of the molecule is COC(=O)[C@H]1CC(OC)=C[C@H]1c1cccn1C. The maximum atomic E-state index is 11.8. The predicted molar refractivity (Wildman–Crippen MR) is 63.4 cm³/mol. The predicted octanol–water partition coefficient (Wildman–Crippen LogP) is 1.83. The summed E-state index contributed by atoms with van der Waals surface area (Å²) in [6.45, 7) is 0. The highest BCUT2D eigenvalue weighted by atomic mass is 16.5. The normalized spacial score (nSPS) is 23.4. The molecular weight excluding hydrogens is 218 g/mol. The summed E-state index contributed by atoms with van der Waals surface area (Å²) in [6, 6.07) is 4.00. The highest BCUT2D eigenvalue weighted by Crippen LogP contribution is 2.39. The lowest BCUT2D eigenvalue weighted by Gasteiger charge is -2.17. The van der Waals surface area contributed by atoms with Gasteiger partial charge in [0.1, 0.15) is 0 Å². The van der Waals surface area contributed by atoms with E-state index >= 15 is 0 Å². The first-order valence-corrected chi connectivity index (χ1v) is 5.61. The lowest BCUT2D eigenvalue weighted by molar-refractivity contribution is -0.145. The number of methoxy groups -OCH3 is 2. The van der Waals surface area contributed by atoms with Gasteiger partial charge in [0.05, 0.1) is 25.9 Å². The fraction of sp³-hybridized carbons (Fsp3) is 0.462. The van der Waals surface area contributed by atoms with E-state index in [1.165, 1.54) is 7.11 Å². The number of hydrogen-bond donors (Lipinski definition) is 0. The van der Waals surface area contributed by atoms with Crippen LogP contribution in [0.1, 0.15) is 18.0 Å². The van der Waals surface area contributed by atoms with E-state index in [4.69, 9.17) is 9.47 Å². The number of rotatable bonds is 3. The highest BCUT2D eigenvalue weighted by molar-refractivity contribution is 5.75. The van der Waals surface area contributed by atoms with E-state index in [1.807, 2.05) is 36.0 Å². The maximum Gasteiger partial charge on any atom is 0.310 e. The number of aryl methyl sites for hydroxylation is 1. The van der Waals surface area contributed by atoms with Gasteiger partial charge in [0.25, 0.3) is 0 Å². The summed E-state index contributed by atoms with van der Waals surface area (Å²) >= 11 is 0. The van der Waals surface area contributed by atoms with Gasteiger partial charge in [-0.1, -0.05) is 0 Å². The van der Waals surface area contributed by atoms with Crippen LogP contribution < -0.4 is 0 Å². The molecular formula is C13H17NO3. The zero-order valence-corrected chi connectivity index (χ0v) is 10.3. The molecule has 1 aliphatic rings. The van der Waals surface area contributed by atoms with Gasteiger partial charge in [-0.3, -0.25) is 4.79 Å². The molecule has 2 atom stereocenters. The average molecular weight is 235 g/mol. The average Bonchev–Trinajstić information content (AvgIpc) is 2.93. The largest absolute Gasteiger partial charge is 0.501 e. The molecule has 0 bridgehead atoms. The molecule has 17 heavy (non-hydrogen) atoms. The summed E-state index contributed by atoms with van der Waals surface area (Å²) in [7, 11) is 5.03. The van der Waals surface area contributed by atoms with Crippen LogP contribution in [0.25, 0.3) is 0 Å². The molecule has 0 fully saturated rings. The molecule has 0 amide bonds. The van der Waals surface area contributed by atoms with Crippen molar-refractivity contribution in [2.75, 3.05) is 14.2 Å². The smallest absolute Gasteiger partial charge is 0.310 e. The number of hydrogen-bond acceptors (Lipinski definition) is 3. The molecule has 1 aromatic rings. The number of nitrogens with zero attached hydrogens (tertiary/aromatic N) is 1. The van der Waals surface area contributed by atoms with E-state index in [2.05, 4.69) is 0 Å². The van der Waals surface area contributed by atoms with Crippen LogP contribution in [0.5, 0.6) is 0 Å². The van der Waals surface area contributed by atoms with Gasteiger partial charge in [-0.15, -0.1) is 0 Å². The molecule has 0 saturated heterocycles. The number of carbonyl (C=O) groups excluding carboxylic acids is 1. The van der Waals surface area contributed by atoms with Crippen LogP contribution in [0.4, 0.5) is 0 Å². The van der Waals surface area contributed by atoms with Crippen molar-refractivity contribution in [1.29, 1.82) is 0 Å². The Balaban J connectivity index is 2.31. The quantitative estimate of drug-likeness (QED) is 0.750. The summed E-state index contributed by atoms with van der Waals surface area (Å²) in [5, 5.41) is 0. The van der Waals surface area contributed by atoms with Crippen molar-refractivity contribution >= 4 is 5.97 Å². The monoisotopic (exact) mass is 235 g/mol. The van der Waals surface area contributed by atoms with Crippen molar-refractivity contribution in [1.82, 2.24) is 4.57 Å². The fourth-order valence-corrected chi connectivity index (χ4v) is 2.37. The Morgan fingerprint density at radius 1 is 1.47 bits per heavy atom. The van der Waals surface area contributed by atoms with Crippen molar-refractivity contribution in [3.05, 3.63) is 35.9 Å². The molecule has 0 N–H and O–H groups in total. The lowest BCUT2D eigenvalue weighted by atomic mass is 9.92. The van der Waals surface area contributed by atoms with Crippen LogP contribution in [0.15, 0.2) is 30.2 Å². The minimum atomic E-state index is -0.181.